The van der Waals surface area contributed by atoms with E-state index in [9.17, 15) is 14.4 Å². The lowest BCUT2D eigenvalue weighted by molar-refractivity contribution is 0.0318. The Morgan fingerprint density at radius 1 is 1.12 bits per heavy atom. The number of aromatic amines is 1. The molecule has 6 rings (SSSR count). The van der Waals surface area contributed by atoms with Crippen molar-refractivity contribution in [2.75, 3.05) is 19.8 Å². The number of nitrogens with one attached hydrogen (secondary N) is 1. The number of aromatic nitrogens is 5. The number of likely N-dealkylation sites (tertiary alicyclic amines) is 1. The number of piperidine rings is 1. The van der Waals surface area contributed by atoms with Crippen molar-refractivity contribution in [3.05, 3.63) is 81.5 Å². The zero-order valence-electron chi connectivity index (χ0n) is 29.4. The number of aryl methyl sites for hydroxylation is 1. The van der Waals surface area contributed by atoms with Crippen molar-refractivity contribution in [2.24, 2.45) is 0 Å². The molecule has 1 unspecified atom stereocenters. The van der Waals surface area contributed by atoms with Crippen molar-refractivity contribution < 1.29 is 28.3 Å². The largest absolute Gasteiger partial charge is 0.460 e. The second-order valence-electron chi connectivity index (χ2n) is 14.1. The van der Waals surface area contributed by atoms with Crippen LogP contribution in [0.3, 0.4) is 0 Å². The summed E-state index contributed by atoms with van der Waals surface area (Å²) in [6.07, 6.45) is 2.29. The molecule has 14 heteroatoms. The molecule has 1 saturated heterocycles. The van der Waals surface area contributed by atoms with Crippen LogP contribution in [0.4, 0.5) is 4.79 Å². The minimum atomic E-state index is -1.22. The molecule has 13 nitrogen and oxygen atoms in total. The minimum Gasteiger partial charge on any atom is -0.460 e. The lowest BCUT2D eigenvalue weighted by atomic mass is 9.71. The topological polar surface area (TPSA) is 155 Å². The summed E-state index contributed by atoms with van der Waals surface area (Å²) in [6.45, 7) is 14.1. The van der Waals surface area contributed by atoms with Crippen LogP contribution in [0.1, 0.15) is 66.3 Å². The number of H-pyrrole nitrogens is 1. The summed E-state index contributed by atoms with van der Waals surface area (Å²) in [4.78, 5) is 48.3. The molecule has 1 aliphatic rings. The normalized spacial score (nSPS) is 18.1. The molecule has 0 aliphatic carbocycles. The third-order valence-corrected chi connectivity index (χ3v) is 11.2. The van der Waals surface area contributed by atoms with Gasteiger partial charge in [0.15, 0.2) is 0 Å². The van der Waals surface area contributed by atoms with Gasteiger partial charge in [0.05, 0.1) is 17.7 Å². The van der Waals surface area contributed by atoms with Crippen molar-refractivity contribution >= 4 is 41.9 Å². The summed E-state index contributed by atoms with van der Waals surface area (Å²) in [5.41, 5.74) is 3.09. The Labute approximate surface area is 290 Å². The first kappa shape index (κ1) is 35.0. The summed E-state index contributed by atoms with van der Waals surface area (Å²) in [7, 11) is -1.22. The average Bonchev–Trinajstić information content (AvgIpc) is 3.73. The quantitative estimate of drug-likeness (QED) is 0.0890. The van der Waals surface area contributed by atoms with E-state index in [1.54, 1.807) is 11.8 Å². The van der Waals surface area contributed by atoms with Crippen molar-refractivity contribution in [3.63, 3.8) is 0 Å². The molecule has 0 saturated carbocycles. The van der Waals surface area contributed by atoms with E-state index >= 15 is 0 Å². The van der Waals surface area contributed by atoms with Gasteiger partial charge < -0.3 is 19.2 Å². The maximum atomic E-state index is 14.0. The Bertz CT molecular complexity index is 2080. The zero-order chi connectivity index (χ0) is 35.6. The van der Waals surface area contributed by atoms with Gasteiger partial charge in [-0.2, -0.15) is 5.10 Å². The first-order chi connectivity index (χ1) is 23.9. The Morgan fingerprint density at radius 3 is 2.68 bits per heavy atom. The molecule has 50 heavy (non-hydrogen) atoms. The Balaban J connectivity index is 1.36. The summed E-state index contributed by atoms with van der Waals surface area (Å²) in [5, 5.41) is 10.3. The molecule has 0 radical (unpaired) electrons. The van der Waals surface area contributed by atoms with Crippen LogP contribution in [-0.2, 0) is 21.7 Å². The first-order valence-corrected chi connectivity index (χ1v) is 20.8. The van der Waals surface area contributed by atoms with E-state index in [4.69, 9.17) is 23.8 Å². The molecule has 2 aromatic carbocycles. The Kier molecular flexibility index (Phi) is 9.94. The second-order valence-corrected chi connectivity index (χ2v) is 19.7. The van der Waals surface area contributed by atoms with E-state index in [1.165, 1.54) is 0 Å². The van der Waals surface area contributed by atoms with Gasteiger partial charge in [-0.25, -0.2) is 14.3 Å². The predicted molar refractivity (Wildman–Crippen MR) is 190 cm³/mol. The third kappa shape index (κ3) is 7.21. The van der Waals surface area contributed by atoms with Gasteiger partial charge in [0, 0.05) is 43.9 Å². The van der Waals surface area contributed by atoms with Gasteiger partial charge >= 0.3 is 18.1 Å². The standard InChI is InChI=1S/C36H44N6O7Si/c1-7-36(27-17-23(3)30-26(18-27)21-41(39-30)22-46-15-16-50(4,5)6)20-25(28-19-24-11-9-10-12-29(24)37-32(28)43)13-14-42(36)35(45)48-34-38-31(40-49-34)33(44)47-8-2/h9-12,17-19,21,25H,7-8,13-16,20,22H2,1-6H3,(H,37,43)/t25?,36-/m1/s1. The van der Waals surface area contributed by atoms with Crippen LogP contribution < -0.4 is 10.3 Å². The van der Waals surface area contributed by atoms with Crippen LogP contribution >= 0.6 is 0 Å². The van der Waals surface area contributed by atoms with Gasteiger partial charge in [-0.05, 0) is 84.9 Å². The van der Waals surface area contributed by atoms with Gasteiger partial charge in [0.2, 0.25) is 0 Å². The van der Waals surface area contributed by atoms with E-state index in [0.29, 0.717) is 38.2 Å². The SMILES string of the molecule is CCOC(=O)c1noc(OC(=O)N2CCC(c3cc4ccccc4[nH]c3=O)C[C@]2(CC)c2cc(C)c3nn(COCC[Si](C)(C)C)cc3c2)n1. The van der Waals surface area contributed by atoms with E-state index in [-0.39, 0.29) is 30.5 Å². The number of hydrogen-bond donors (Lipinski definition) is 1. The fourth-order valence-electron chi connectivity index (χ4n) is 6.82. The molecular formula is C36H44N6O7Si. The fourth-order valence-corrected chi connectivity index (χ4v) is 7.58. The number of benzene rings is 2. The average molecular weight is 701 g/mol. The smallest absolute Gasteiger partial charge is 0.427 e. The summed E-state index contributed by atoms with van der Waals surface area (Å²) >= 11 is 0. The number of nitrogens with zero attached hydrogens (tertiary/aromatic N) is 5. The maximum Gasteiger partial charge on any atom is 0.427 e. The van der Waals surface area contributed by atoms with Gasteiger partial charge in [-0.1, -0.05) is 50.8 Å². The molecule has 2 atom stereocenters. The van der Waals surface area contributed by atoms with Crippen molar-refractivity contribution in [1.29, 1.82) is 0 Å². The number of esters is 1. The fraction of sp³-hybridized carbons (Fsp3) is 0.444. The number of hydrogen-bond acceptors (Lipinski definition) is 10. The molecule has 1 N–H and O–H groups in total. The van der Waals surface area contributed by atoms with Crippen LogP contribution in [-0.4, -0.2) is 69.7 Å². The number of carbonyl (C=O) groups is 2. The number of para-hydroxylation sites is 1. The highest BCUT2D eigenvalue weighted by Crippen LogP contribution is 2.47. The number of fused-ring (bicyclic) bond motifs is 2. The molecule has 264 valence electrons. The van der Waals surface area contributed by atoms with Crippen molar-refractivity contribution in [1.82, 2.24) is 29.8 Å². The number of carbonyl (C=O) groups excluding carboxylic acids is 2. The monoisotopic (exact) mass is 700 g/mol. The molecule has 1 amide bonds. The number of ether oxygens (including phenoxy) is 3. The molecule has 1 fully saturated rings. The predicted octanol–water partition coefficient (Wildman–Crippen LogP) is 6.74. The number of amides is 1. The zero-order valence-corrected chi connectivity index (χ0v) is 30.4. The third-order valence-electron chi connectivity index (χ3n) is 9.47. The highest BCUT2D eigenvalue weighted by molar-refractivity contribution is 6.76. The van der Waals surface area contributed by atoms with Crippen molar-refractivity contribution in [3.8, 4) is 6.08 Å². The molecule has 1 aliphatic heterocycles. The second kappa shape index (κ2) is 14.2. The van der Waals surface area contributed by atoms with Crippen molar-refractivity contribution in [2.45, 2.75) is 83.9 Å². The molecule has 0 bridgehead atoms. The molecule has 3 aromatic heterocycles. The van der Waals surface area contributed by atoms with Crippen LogP contribution in [0.5, 0.6) is 6.08 Å². The molecule has 5 aromatic rings. The van der Waals surface area contributed by atoms with E-state index in [1.807, 2.05) is 55.1 Å². The van der Waals surface area contributed by atoms with E-state index < -0.39 is 31.8 Å². The van der Waals surface area contributed by atoms with Gasteiger partial charge in [-0.3, -0.25) is 14.2 Å². The highest BCUT2D eigenvalue weighted by atomic mass is 28.3. The number of pyridine rings is 1. The van der Waals surface area contributed by atoms with E-state index in [2.05, 4.69) is 46.9 Å². The van der Waals surface area contributed by atoms with Crippen LogP contribution in [0.25, 0.3) is 21.8 Å². The van der Waals surface area contributed by atoms with Crippen LogP contribution in [0.2, 0.25) is 25.7 Å². The van der Waals surface area contributed by atoms with Gasteiger partial charge in [0.25, 0.3) is 11.4 Å². The lowest BCUT2D eigenvalue weighted by Gasteiger charge is -2.49. The Hall–Kier alpha value is -4.82. The number of rotatable bonds is 11. The molecule has 4 heterocycles. The summed E-state index contributed by atoms with van der Waals surface area (Å²) in [5.74, 6) is -1.29. The highest BCUT2D eigenvalue weighted by Gasteiger charge is 2.47. The van der Waals surface area contributed by atoms with Crippen LogP contribution in [0, 0.1) is 6.92 Å². The summed E-state index contributed by atoms with van der Waals surface area (Å²) < 4.78 is 23.4. The molecular weight excluding hydrogens is 657 g/mol. The first-order valence-electron chi connectivity index (χ1n) is 17.1. The summed E-state index contributed by atoms with van der Waals surface area (Å²) in [6, 6.07) is 14.9. The van der Waals surface area contributed by atoms with E-state index in [0.717, 1.165) is 39.0 Å². The minimum absolute atomic E-state index is 0.130. The maximum absolute atomic E-state index is 14.0. The lowest BCUT2D eigenvalue weighted by Crippen LogP contribution is -2.55. The Morgan fingerprint density at radius 2 is 1.92 bits per heavy atom. The van der Waals surface area contributed by atoms with Gasteiger partial charge in [-0.15, -0.1) is 4.98 Å². The van der Waals surface area contributed by atoms with Crippen LogP contribution in [0.15, 0.2) is 58.0 Å². The van der Waals surface area contributed by atoms with Gasteiger partial charge in [0.1, 0.15) is 6.73 Å². The molecule has 0 spiro atoms.